The molecule has 0 radical (unpaired) electrons. The van der Waals surface area contributed by atoms with E-state index in [-0.39, 0.29) is 6.10 Å². The molecule has 1 heterocycles. The Bertz CT molecular complexity index is 398. The van der Waals surface area contributed by atoms with Crippen LogP contribution in [0.1, 0.15) is 26.7 Å². The van der Waals surface area contributed by atoms with Gasteiger partial charge >= 0.3 is 7.59 Å². The van der Waals surface area contributed by atoms with E-state index in [1.54, 1.807) is 14.0 Å². The van der Waals surface area contributed by atoms with Crippen molar-refractivity contribution in [3.05, 3.63) is 12.3 Å². The van der Waals surface area contributed by atoms with Crippen molar-refractivity contribution in [1.29, 1.82) is 0 Å². The molecular formula is C14H30N3O3P. The summed E-state index contributed by atoms with van der Waals surface area (Å²) in [4.78, 5) is 0. The minimum Gasteiger partial charge on any atom is -0.348 e. The lowest BCUT2D eigenvalue weighted by Gasteiger charge is -2.36. The van der Waals surface area contributed by atoms with Crippen molar-refractivity contribution in [1.82, 2.24) is 14.0 Å². The highest BCUT2D eigenvalue weighted by molar-refractivity contribution is 7.56. The molecule has 1 rings (SSSR count). The highest BCUT2D eigenvalue weighted by Gasteiger charge is 2.32. The van der Waals surface area contributed by atoms with Gasteiger partial charge in [0.1, 0.15) is 0 Å². The molecule has 0 saturated carbocycles. The third-order valence-electron chi connectivity index (χ3n) is 3.50. The molecule has 0 aromatic heterocycles. The van der Waals surface area contributed by atoms with Crippen LogP contribution < -0.4 is 0 Å². The monoisotopic (exact) mass is 319 g/mol. The second-order valence-electron chi connectivity index (χ2n) is 6.19. The Morgan fingerprint density at radius 3 is 2.19 bits per heavy atom. The number of nitrogens with zero attached hydrogens (tertiary/aromatic N) is 3. The maximum Gasteiger partial charge on any atom is 0.309 e. The van der Waals surface area contributed by atoms with Gasteiger partial charge in [-0.2, -0.15) is 0 Å². The number of hydrogen-bond acceptors (Lipinski definition) is 3. The van der Waals surface area contributed by atoms with E-state index in [4.69, 9.17) is 9.47 Å². The van der Waals surface area contributed by atoms with E-state index in [1.165, 1.54) is 0 Å². The van der Waals surface area contributed by atoms with Crippen molar-refractivity contribution >= 4 is 7.59 Å². The van der Waals surface area contributed by atoms with E-state index >= 15 is 0 Å². The summed E-state index contributed by atoms with van der Waals surface area (Å²) >= 11 is 0. The molecule has 0 aliphatic carbocycles. The van der Waals surface area contributed by atoms with Crippen molar-refractivity contribution in [3.8, 4) is 0 Å². The van der Waals surface area contributed by atoms with Crippen molar-refractivity contribution in [2.75, 3.05) is 41.8 Å². The zero-order valence-electron chi connectivity index (χ0n) is 14.4. The fraction of sp³-hybridized carbons (Fsp3) is 0.857. The summed E-state index contributed by atoms with van der Waals surface area (Å²) in [5.41, 5.74) is 0. The Kier molecular flexibility index (Phi) is 6.44. The van der Waals surface area contributed by atoms with Crippen LogP contribution in [0.4, 0.5) is 0 Å². The summed E-state index contributed by atoms with van der Waals surface area (Å²) in [6.45, 7) is 4.51. The van der Waals surface area contributed by atoms with Gasteiger partial charge in [0.05, 0.1) is 12.7 Å². The van der Waals surface area contributed by atoms with Gasteiger partial charge in [0.2, 0.25) is 0 Å². The Balaban J connectivity index is 2.48. The van der Waals surface area contributed by atoms with Gasteiger partial charge in [-0.15, -0.1) is 0 Å². The Hall–Kier alpha value is -0.390. The molecule has 0 spiro atoms. The summed E-state index contributed by atoms with van der Waals surface area (Å²) in [7, 11) is 6.48. The molecule has 0 bridgehead atoms. The SMILES string of the molecule is CN(C)P(=O)(N(C)C)N(C)/C=C/CC[C@H]1COC(C)(C)O1. The summed E-state index contributed by atoms with van der Waals surface area (Å²) in [6, 6.07) is 0. The average molecular weight is 319 g/mol. The van der Waals surface area contributed by atoms with Gasteiger partial charge in [0.25, 0.3) is 0 Å². The number of hydrogen-bond donors (Lipinski definition) is 0. The fourth-order valence-electron chi connectivity index (χ4n) is 2.42. The highest BCUT2D eigenvalue weighted by Crippen LogP contribution is 2.52. The Labute approximate surface area is 129 Å². The van der Waals surface area contributed by atoms with Crippen LogP contribution in [0.5, 0.6) is 0 Å². The minimum absolute atomic E-state index is 0.143. The van der Waals surface area contributed by atoms with Crippen molar-refractivity contribution in [2.45, 2.75) is 38.6 Å². The fourth-order valence-corrected chi connectivity index (χ4v) is 4.54. The average Bonchev–Trinajstić information content (AvgIpc) is 2.72. The lowest BCUT2D eigenvalue weighted by molar-refractivity contribution is -0.138. The zero-order valence-corrected chi connectivity index (χ0v) is 15.3. The first-order valence-corrected chi connectivity index (χ1v) is 8.83. The first-order chi connectivity index (χ1) is 9.59. The van der Waals surface area contributed by atoms with Gasteiger partial charge in [-0.1, -0.05) is 6.08 Å². The number of rotatable bonds is 7. The van der Waals surface area contributed by atoms with Crippen LogP contribution in [0, 0.1) is 0 Å². The number of ether oxygens (including phenoxy) is 2. The van der Waals surface area contributed by atoms with Gasteiger partial charge < -0.3 is 14.1 Å². The summed E-state index contributed by atoms with van der Waals surface area (Å²) in [6.07, 6.45) is 5.84. The van der Waals surface area contributed by atoms with Crippen molar-refractivity contribution < 1.29 is 14.0 Å². The molecule has 21 heavy (non-hydrogen) atoms. The molecule has 0 aromatic rings. The standard InChI is InChI=1S/C14H30N3O3P/c1-14(2)19-12-13(20-14)10-8-9-11-17(7)21(18,15(3)4)16(5)6/h9,11,13H,8,10,12H2,1-7H3/b11-9+/t13-/m0/s1. The van der Waals surface area contributed by atoms with Crippen molar-refractivity contribution in [2.24, 2.45) is 0 Å². The van der Waals surface area contributed by atoms with Crippen LogP contribution in [0.15, 0.2) is 12.3 Å². The Morgan fingerprint density at radius 1 is 1.19 bits per heavy atom. The minimum atomic E-state index is -2.68. The Morgan fingerprint density at radius 2 is 1.76 bits per heavy atom. The van der Waals surface area contributed by atoms with Gasteiger partial charge in [-0.25, -0.2) is 9.34 Å². The van der Waals surface area contributed by atoms with Gasteiger partial charge in [0.15, 0.2) is 5.79 Å². The van der Waals surface area contributed by atoms with Crippen LogP contribution in [-0.2, 0) is 14.0 Å². The first-order valence-electron chi connectivity index (χ1n) is 7.27. The molecule has 1 aliphatic rings. The lowest BCUT2D eigenvalue weighted by Crippen LogP contribution is -2.29. The topological polar surface area (TPSA) is 45.3 Å². The van der Waals surface area contributed by atoms with E-state index in [2.05, 4.69) is 0 Å². The summed E-state index contributed by atoms with van der Waals surface area (Å²) < 4.78 is 29.5. The smallest absolute Gasteiger partial charge is 0.309 e. The van der Waals surface area contributed by atoms with Crippen LogP contribution >= 0.6 is 7.59 Å². The third kappa shape index (κ3) is 4.80. The van der Waals surface area contributed by atoms with E-state index in [9.17, 15) is 4.57 Å². The first kappa shape index (κ1) is 18.7. The van der Waals surface area contributed by atoms with Crippen LogP contribution in [0.2, 0.25) is 0 Å². The van der Waals surface area contributed by atoms with E-state index in [1.807, 2.05) is 61.4 Å². The predicted molar refractivity (Wildman–Crippen MR) is 86.0 cm³/mol. The molecular weight excluding hydrogens is 289 g/mol. The molecule has 7 heteroatoms. The van der Waals surface area contributed by atoms with E-state index in [0.717, 1.165) is 12.8 Å². The molecule has 0 aromatic carbocycles. The molecule has 1 aliphatic heterocycles. The van der Waals surface area contributed by atoms with Crippen molar-refractivity contribution in [3.63, 3.8) is 0 Å². The molecule has 6 nitrogen and oxygen atoms in total. The number of allylic oxidation sites excluding steroid dienone is 1. The lowest BCUT2D eigenvalue weighted by atomic mass is 10.2. The van der Waals surface area contributed by atoms with Crippen LogP contribution in [0.3, 0.4) is 0 Å². The van der Waals surface area contributed by atoms with Gasteiger partial charge in [-0.3, -0.25) is 4.57 Å². The normalized spacial score (nSPS) is 22.6. The predicted octanol–water partition coefficient (Wildman–Crippen LogP) is 2.59. The maximum atomic E-state index is 12.9. The zero-order chi connectivity index (χ0) is 16.3. The molecule has 0 unspecified atom stereocenters. The quantitative estimate of drug-likeness (QED) is 0.672. The summed E-state index contributed by atoms with van der Waals surface area (Å²) in [5.74, 6) is -0.462. The molecule has 1 fully saturated rings. The second kappa shape index (κ2) is 7.25. The van der Waals surface area contributed by atoms with Gasteiger partial charge in [0, 0.05) is 13.2 Å². The van der Waals surface area contributed by atoms with Crippen LogP contribution in [0.25, 0.3) is 0 Å². The third-order valence-corrected chi connectivity index (χ3v) is 6.54. The summed E-state index contributed by atoms with van der Waals surface area (Å²) in [5, 5.41) is 0. The largest absolute Gasteiger partial charge is 0.348 e. The maximum absolute atomic E-state index is 12.9. The second-order valence-corrected chi connectivity index (χ2v) is 9.45. The van der Waals surface area contributed by atoms with E-state index < -0.39 is 13.4 Å². The van der Waals surface area contributed by atoms with Crippen LogP contribution in [-0.4, -0.2) is 67.7 Å². The van der Waals surface area contributed by atoms with E-state index in [0.29, 0.717) is 6.61 Å². The molecule has 1 saturated heterocycles. The molecule has 0 N–H and O–H groups in total. The molecule has 124 valence electrons. The molecule has 1 atom stereocenters. The van der Waals surface area contributed by atoms with Gasteiger partial charge in [-0.05, 0) is 54.9 Å². The highest BCUT2D eigenvalue weighted by atomic mass is 31.2. The molecule has 0 amide bonds.